The Balaban J connectivity index is 1.40. The summed E-state index contributed by atoms with van der Waals surface area (Å²) in [6, 6.07) is -0.00593. The van der Waals surface area contributed by atoms with Gasteiger partial charge in [0.1, 0.15) is 0 Å². The third kappa shape index (κ3) is 3.30. The molecule has 5 fully saturated rings. The maximum atomic E-state index is 14.4. The predicted molar refractivity (Wildman–Crippen MR) is 147 cm³/mol. The molecule has 0 saturated heterocycles. The zero-order valence-electron chi connectivity index (χ0n) is 24.9. The quantitative estimate of drug-likeness (QED) is 0.310. The summed E-state index contributed by atoms with van der Waals surface area (Å²) in [4.78, 5) is 27.9. The number of carbonyl (C=O) groups excluding carboxylic acids is 2. The lowest BCUT2D eigenvalue weighted by Crippen LogP contribution is -2.66. The molecule has 6 aliphatic carbocycles. The number of ketones is 1. The van der Waals surface area contributed by atoms with Crippen molar-refractivity contribution in [3.05, 3.63) is 11.6 Å². The number of nitrogens with zero attached hydrogens (tertiary/aromatic N) is 1. The van der Waals surface area contributed by atoms with E-state index < -0.39 is 5.41 Å². The van der Waals surface area contributed by atoms with Gasteiger partial charge in [0.15, 0.2) is 5.78 Å². The van der Waals surface area contributed by atoms with E-state index in [0.717, 1.165) is 75.7 Å². The Morgan fingerprint density at radius 1 is 0.895 bits per heavy atom. The molecule has 0 radical (unpaired) electrons. The van der Waals surface area contributed by atoms with E-state index >= 15 is 0 Å². The first-order valence-electron chi connectivity index (χ1n) is 15.5. The van der Waals surface area contributed by atoms with Crippen molar-refractivity contribution in [1.29, 1.82) is 0 Å². The average Bonchev–Trinajstić information content (AvgIpc) is 3.69. The van der Waals surface area contributed by atoms with Crippen molar-refractivity contribution >= 4 is 11.7 Å². The number of amides is 1. The van der Waals surface area contributed by atoms with Gasteiger partial charge in [0.2, 0.25) is 0 Å². The van der Waals surface area contributed by atoms with E-state index in [-0.39, 0.29) is 57.0 Å². The fraction of sp³-hybridized carbons (Fsp3) is 0.879. The van der Waals surface area contributed by atoms with Crippen LogP contribution in [0.4, 0.5) is 0 Å². The van der Waals surface area contributed by atoms with Crippen molar-refractivity contribution in [2.24, 2.45) is 50.2 Å². The summed E-state index contributed by atoms with van der Waals surface area (Å²) in [6.45, 7) is 16.1. The number of carbonyl (C=O) groups is 2. The van der Waals surface area contributed by atoms with Crippen LogP contribution >= 0.6 is 0 Å². The topological polar surface area (TPSA) is 77.8 Å². The molecule has 5 nitrogen and oxygen atoms in total. The number of rotatable bonds is 2. The highest BCUT2D eigenvalue weighted by Crippen LogP contribution is 2.75. The molecule has 6 aliphatic rings. The van der Waals surface area contributed by atoms with E-state index in [1.165, 1.54) is 5.57 Å². The van der Waals surface area contributed by atoms with Crippen LogP contribution in [0.15, 0.2) is 11.6 Å². The highest BCUT2D eigenvalue weighted by Gasteiger charge is 2.70. The normalized spacial score (nSPS) is 51.6. The van der Waals surface area contributed by atoms with Crippen molar-refractivity contribution < 1.29 is 19.9 Å². The number of allylic oxidation sites excluding steroid dienone is 2. The van der Waals surface area contributed by atoms with Crippen LogP contribution in [0.25, 0.3) is 0 Å². The zero-order chi connectivity index (χ0) is 27.7. The summed E-state index contributed by atoms with van der Waals surface area (Å²) in [5, 5.41) is 22.6. The van der Waals surface area contributed by atoms with E-state index in [1.54, 1.807) is 0 Å². The first-order chi connectivity index (χ1) is 17.5. The van der Waals surface area contributed by atoms with Gasteiger partial charge in [-0.2, -0.15) is 0 Å². The molecule has 0 aliphatic heterocycles. The van der Waals surface area contributed by atoms with Gasteiger partial charge in [-0.3, -0.25) is 14.8 Å². The first kappa shape index (κ1) is 27.0. The maximum Gasteiger partial charge on any atom is 0.252 e. The van der Waals surface area contributed by atoms with Gasteiger partial charge in [-0.15, -0.1) is 0 Å². The van der Waals surface area contributed by atoms with Gasteiger partial charge in [0, 0.05) is 11.3 Å². The number of hydrogen-bond donors (Lipinski definition) is 2. The molecule has 38 heavy (non-hydrogen) atoms. The fourth-order valence-electron chi connectivity index (χ4n) is 11.1. The van der Waals surface area contributed by atoms with Crippen LogP contribution in [0.2, 0.25) is 0 Å². The highest BCUT2D eigenvalue weighted by atomic mass is 16.5. The Morgan fingerprint density at radius 2 is 1.55 bits per heavy atom. The summed E-state index contributed by atoms with van der Waals surface area (Å²) in [6.07, 6.45) is 12.0. The van der Waals surface area contributed by atoms with Gasteiger partial charge >= 0.3 is 0 Å². The van der Waals surface area contributed by atoms with Gasteiger partial charge in [-0.05, 0) is 116 Å². The molecule has 0 aromatic heterocycles. The summed E-state index contributed by atoms with van der Waals surface area (Å²) in [5.41, 5.74) is 0.294. The Labute approximate surface area is 229 Å². The molecular formula is C33H51NO4. The lowest BCUT2D eigenvalue weighted by Gasteiger charge is -2.70. The van der Waals surface area contributed by atoms with E-state index in [9.17, 15) is 19.9 Å². The van der Waals surface area contributed by atoms with Crippen LogP contribution in [-0.4, -0.2) is 39.2 Å². The Bertz CT molecular complexity index is 1090. The Hall–Kier alpha value is -1.20. The molecule has 2 N–H and O–H groups in total. The molecule has 0 spiro atoms. The van der Waals surface area contributed by atoms with Crippen LogP contribution in [-0.2, 0) is 9.59 Å². The molecule has 5 heteroatoms. The third-order valence-corrected chi connectivity index (χ3v) is 14.2. The Kier molecular flexibility index (Phi) is 5.65. The van der Waals surface area contributed by atoms with E-state index in [1.807, 2.05) is 0 Å². The fourth-order valence-corrected chi connectivity index (χ4v) is 11.1. The summed E-state index contributed by atoms with van der Waals surface area (Å²) >= 11 is 0. The summed E-state index contributed by atoms with van der Waals surface area (Å²) in [7, 11) is 0. The largest absolute Gasteiger partial charge is 0.393 e. The molecule has 0 heterocycles. The van der Waals surface area contributed by atoms with Gasteiger partial charge in [-0.25, -0.2) is 5.06 Å². The highest BCUT2D eigenvalue weighted by molar-refractivity contribution is 5.95. The lowest BCUT2D eigenvalue weighted by atomic mass is 9.33. The second-order valence-corrected chi connectivity index (χ2v) is 16.5. The Morgan fingerprint density at radius 3 is 2.21 bits per heavy atom. The molecule has 5 saturated carbocycles. The van der Waals surface area contributed by atoms with Gasteiger partial charge < -0.3 is 5.11 Å². The summed E-state index contributed by atoms with van der Waals surface area (Å²) in [5.74, 6) is 0.675. The van der Waals surface area contributed by atoms with E-state index in [0.29, 0.717) is 11.7 Å². The minimum absolute atomic E-state index is 0.00593. The van der Waals surface area contributed by atoms with Crippen molar-refractivity contribution in [3.8, 4) is 0 Å². The molecule has 1 amide bonds. The van der Waals surface area contributed by atoms with Crippen molar-refractivity contribution in [1.82, 2.24) is 5.06 Å². The van der Waals surface area contributed by atoms with Crippen LogP contribution in [0, 0.1) is 50.2 Å². The average molecular weight is 526 g/mol. The van der Waals surface area contributed by atoms with Crippen LogP contribution in [0.1, 0.15) is 119 Å². The number of aliphatic hydroxyl groups excluding tert-OH is 1. The molecular weight excluding hydrogens is 474 g/mol. The van der Waals surface area contributed by atoms with Crippen LogP contribution in [0.3, 0.4) is 0 Å². The number of hydrogen-bond acceptors (Lipinski definition) is 4. The molecule has 0 bridgehead atoms. The molecule has 6 rings (SSSR count). The minimum atomic E-state index is -0.589. The molecule has 0 aromatic rings. The molecule has 1 unspecified atom stereocenters. The lowest BCUT2D eigenvalue weighted by molar-refractivity contribution is -0.203. The molecule has 9 atom stereocenters. The number of aliphatic hydroxyl groups is 1. The predicted octanol–water partition coefficient (Wildman–Crippen LogP) is 6.71. The molecule has 212 valence electrons. The standard InChI is InChI=1S/C33H51NO4/c1-28(2)24-10-13-33(7)26(31(24,5)12-11-25(28)36)23(35)18-21-22-19-30(4,27(37)34(38)20-8-9-20)15-14-29(22,3)16-17-32(21,33)6/h18,20,22,24-26,36,38H,8-17,19H2,1-7H3/t22-,24?,25-,26+,29+,30-,31-,32+,33+/m0/s1. The second-order valence-electron chi connectivity index (χ2n) is 16.5. The van der Waals surface area contributed by atoms with Crippen molar-refractivity contribution in [2.75, 3.05) is 0 Å². The summed E-state index contributed by atoms with van der Waals surface area (Å²) < 4.78 is 0. The maximum absolute atomic E-state index is 14.4. The smallest absolute Gasteiger partial charge is 0.252 e. The monoisotopic (exact) mass is 525 g/mol. The minimum Gasteiger partial charge on any atom is -0.393 e. The first-order valence-corrected chi connectivity index (χ1v) is 15.5. The van der Waals surface area contributed by atoms with Crippen LogP contribution < -0.4 is 0 Å². The van der Waals surface area contributed by atoms with Crippen molar-refractivity contribution in [3.63, 3.8) is 0 Å². The second kappa shape index (κ2) is 7.96. The van der Waals surface area contributed by atoms with Crippen LogP contribution in [0.5, 0.6) is 0 Å². The molecule has 0 aromatic carbocycles. The van der Waals surface area contributed by atoms with Gasteiger partial charge in [0.05, 0.1) is 12.1 Å². The van der Waals surface area contributed by atoms with E-state index in [2.05, 4.69) is 54.5 Å². The van der Waals surface area contributed by atoms with Gasteiger partial charge in [0.25, 0.3) is 5.91 Å². The number of hydroxylamine groups is 2. The third-order valence-electron chi connectivity index (χ3n) is 14.2. The van der Waals surface area contributed by atoms with E-state index in [4.69, 9.17) is 0 Å². The van der Waals surface area contributed by atoms with Gasteiger partial charge in [-0.1, -0.05) is 54.0 Å². The number of fused-ring (bicyclic) bond motifs is 7. The zero-order valence-corrected chi connectivity index (χ0v) is 24.9. The SMILES string of the molecule is CC1(C)C2CC[C@]3(C)[C@H](C(=O)C=C4[C@@H]5C[C@@](C)(C(=O)N(O)C6CC6)CC[C@]5(C)CC[C@]43C)[C@@]2(C)CC[C@@H]1O. The van der Waals surface area contributed by atoms with Crippen molar-refractivity contribution in [2.45, 2.75) is 131 Å².